The standard InChI is InChI=1S/C14H22O4/c1-14(15,10-13(17-3)18-4)9-11-6-5-7-12(8-11)16-2/h5-8,13,15H,9-10H2,1-4H3. The lowest BCUT2D eigenvalue weighted by atomic mass is 9.93. The summed E-state index contributed by atoms with van der Waals surface area (Å²) in [4.78, 5) is 0. The number of ether oxygens (including phenoxy) is 3. The van der Waals surface area contributed by atoms with Crippen molar-refractivity contribution in [3.05, 3.63) is 29.8 Å². The van der Waals surface area contributed by atoms with Gasteiger partial charge in [-0.05, 0) is 24.6 Å². The number of hydrogen-bond donors (Lipinski definition) is 1. The van der Waals surface area contributed by atoms with Crippen molar-refractivity contribution in [3.63, 3.8) is 0 Å². The van der Waals surface area contributed by atoms with Gasteiger partial charge < -0.3 is 19.3 Å². The van der Waals surface area contributed by atoms with Gasteiger partial charge in [0.15, 0.2) is 6.29 Å². The third kappa shape index (κ3) is 4.64. The minimum absolute atomic E-state index is 0.398. The van der Waals surface area contributed by atoms with Gasteiger partial charge in [0.05, 0.1) is 12.7 Å². The van der Waals surface area contributed by atoms with Crippen LogP contribution in [-0.4, -0.2) is 38.3 Å². The molecular formula is C14H22O4. The summed E-state index contributed by atoms with van der Waals surface area (Å²) in [5.74, 6) is 0.790. The number of aliphatic hydroxyl groups is 1. The lowest BCUT2D eigenvalue weighted by Gasteiger charge is -2.27. The quantitative estimate of drug-likeness (QED) is 0.756. The summed E-state index contributed by atoms with van der Waals surface area (Å²) in [6.45, 7) is 1.78. The lowest BCUT2D eigenvalue weighted by molar-refractivity contribution is -0.139. The van der Waals surface area contributed by atoms with Gasteiger partial charge in [-0.25, -0.2) is 0 Å². The summed E-state index contributed by atoms with van der Waals surface area (Å²) in [7, 11) is 4.76. The van der Waals surface area contributed by atoms with Crippen molar-refractivity contribution in [3.8, 4) is 5.75 Å². The summed E-state index contributed by atoms with van der Waals surface area (Å²) in [6.07, 6.45) is 0.538. The molecule has 1 aromatic rings. The maximum Gasteiger partial charge on any atom is 0.159 e. The molecule has 0 aliphatic heterocycles. The highest BCUT2D eigenvalue weighted by molar-refractivity contribution is 5.29. The Hall–Kier alpha value is -1.10. The Bertz CT molecular complexity index is 359. The molecule has 1 atom stereocenters. The molecular weight excluding hydrogens is 232 g/mol. The van der Waals surface area contributed by atoms with E-state index in [1.165, 1.54) is 0 Å². The van der Waals surface area contributed by atoms with Crippen LogP contribution >= 0.6 is 0 Å². The lowest BCUT2D eigenvalue weighted by Crippen LogP contribution is -2.34. The second kappa shape index (κ2) is 6.73. The van der Waals surface area contributed by atoms with E-state index in [4.69, 9.17) is 14.2 Å². The van der Waals surface area contributed by atoms with E-state index in [1.807, 2.05) is 24.3 Å². The molecule has 0 amide bonds. The third-order valence-electron chi connectivity index (χ3n) is 2.85. The highest BCUT2D eigenvalue weighted by atomic mass is 16.7. The molecule has 4 nitrogen and oxygen atoms in total. The first-order valence-electron chi connectivity index (χ1n) is 5.91. The van der Waals surface area contributed by atoms with E-state index < -0.39 is 11.9 Å². The Morgan fingerprint density at radius 3 is 2.44 bits per heavy atom. The molecule has 1 rings (SSSR count). The highest BCUT2D eigenvalue weighted by Crippen LogP contribution is 2.22. The fraction of sp³-hybridized carbons (Fsp3) is 0.571. The maximum atomic E-state index is 10.4. The Labute approximate surface area is 108 Å². The van der Waals surface area contributed by atoms with Crippen molar-refractivity contribution < 1.29 is 19.3 Å². The van der Waals surface area contributed by atoms with Gasteiger partial charge in [0.1, 0.15) is 5.75 Å². The molecule has 0 fully saturated rings. The zero-order chi connectivity index (χ0) is 13.6. The molecule has 18 heavy (non-hydrogen) atoms. The summed E-state index contributed by atoms with van der Waals surface area (Å²) < 4.78 is 15.4. The van der Waals surface area contributed by atoms with Crippen LogP contribution in [0.1, 0.15) is 18.9 Å². The topological polar surface area (TPSA) is 47.9 Å². The minimum Gasteiger partial charge on any atom is -0.497 e. The van der Waals surface area contributed by atoms with Gasteiger partial charge in [-0.1, -0.05) is 12.1 Å². The molecule has 1 N–H and O–H groups in total. The van der Waals surface area contributed by atoms with Gasteiger partial charge >= 0.3 is 0 Å². The van der Waals surface area contributed by atoms with Crippen molar-refractivity contribution in [2.75, 3.05) is 21.3 Å². The fourth-order valence-electron chi connectivity index (χ4n) is 1.92. The van der Waals surface area contributed by atoms with E-state index in [-0.39, 0.29) is 0 Å². The second-order valence-electron chi connectivity index (χ2n) is 4.63. The molecule has 0 saturated carbocycles. The molecule has 102 valence electrons. The molecule has 0 spiro atoms. The summed E-state index contributed by atoms with van der Waals surface area (Å²) in [5.41, 5.74) is 0.133. The molecule has 1 aromatic carbocycles. The number of hydrogen-bond acceptors (Lipinski definition) is 4. The first-order chi connectivity index (χ1) is 8.50. The minimum atomic E-state index is -0.886. The Morgan fingerprint density at radius 1 is 1.22 bits per heavy atom. The van der Waals surface area contributed by atoms with Gasteiger partial charge in [0.25, 0.3) is 0 Å². The van der Waals surface area contributed by atoms with Crippen LogP contribution in [0.4, 0.5) is 0 Å². The van der Waals surface area contributed by atoms with Crippen LogP contribution in [-0.2, 0) is 15.9 Å². The van der Waals surface area contributed by atoms with E-state index in [9.17, 15) is 5.11 Å². The Kier molecular flexibility index (Phi) is 5.59. The van der Waals surface area contributed by atoms with E-state index in [2.05, 4.69) is 0 Å². The number of rotatable bonds is 7. The van der Waals surface area contributed by atoms with Crippen LogP contribution in [0.2, 0.25) is 0 Å². The zero-order valence-electron chi connectivity index (χ0n) is 11.5. The fourth-order valence-corrected chi connectivity index (χ4v) is 1.92. The van der Waals surface area contributed by atoms with Crippen molar-refractivity contribution in [1.29, 1.82) is 0 Å². The SMILES string of the molecule is COc1cccc(CC(C)(O)CC(OC)OC)c1. The molecule has 0 heterocycles. The van der Waals surface area contributed by atoms with Crippen molar-refractivity contribution >= 4 is 0 Å². The third-order valence-corrected chi connectivity index (χ3v) is 2.85. The van der Waals surface area contributed by atoms with Gasteiger partial charge in [-0.3, -0.25) is 0 Å². The van der Waals surface area contributed by atoms with Crippen LogP contribution in [0.3, 0.4) is 0 Å². The van der Waals surface area contributed by atoms with Crippen LogP contribution in [0.25, 0.3) is 0 Å². The van der Waals surface area contributed by atoms with E-state index in [0.29, 0.717) is 12.8 Å². The maximum absolute atomic E-state index is 10.4. The highest BCUT2D eigenvalue weighted by Gasteiger charge is 2.26. The van der Waals surface area contributed by atoms with Crippen LogP contribution in [0.15, 0.2) is 24.3 Å². The summed E-state index contributed by atoms with van der Waals surface area (Å²) in [6, 6.07) is 7.67. The molecule has 1 unspecified atom stereocenters. The van der Waals surface area contributed by atoms with Crippen molar-refractivity contribution in [2.24, 2.45) is 0 Å². The predicted molar refractivity (Wildman–Crippen MR) is 69.7 cm³/mol. The zero-order valence-corrected chi connectivity index (χ0v) is 11.5. The molecule has 0 saturated heterocycles. The van der Waals surface area contributed by atoms with Crippen molar-refractivity contribution in [2.45, 2.75) is 31.7 Å². The molecule has 4 heteroatoms. The number of benzene rings is 1. The number of methoxy groups -OCH3 is 3. The largest absolute Gasteiger partial charge is 0.497 e. The van der Waals surface area contributed by atoms with Gasteiger partial charge in [-0.2, -0.15) is 0 Å². The second-order valence-corrected chi connectivity index (χ2v) is 4.63. The predicted octanol–water partition coefficient (Wildman–Crippen LogP) is 2.00. The van der Waals surface area contributed by atoms with Gasteiger partial charge in [0.2, 0.25) is 0 Å². The average molecular weight is 254 g/mol. The molecule has 0 aliphatic carbocycles. The summed E-state index contributed by atoms with van der Waals surface area (Å²) >= 11 is 0. The van der Waals surface area contributed by atoms with Gasteiger partial charge in [-0.15, -0.1) is 0 Å². The monoisotopic (exact) mass is 254 g/mol. The summed E-state index contributed by atoms with van der Waals surface area (Å²) in [5, 5.41) is 10.4. The molecule has 0 aromatic heterocycles. The van der Waals surface area contributed by atoms with Crippen molar-refractivity contribution in [1.82, 2.24) is 0 Å². The van der Waals surface area contributed by atoms with Crippen LogP contribution in [0.5, 0.6) is 5.75 Å². The van der Waals surface area contributed by atoms with Crippen LogP contribution < -0.4 is 4.74 Å². The first-order valence-corrected chi connectivity index (χ1v) is 5.91. The molecule has 0 radical (unpaired) electrons. The van der Waals surface area contributed by atoms with Gasteiger partial charge in [0, 0.05) is 27.1 Å². The van der Waals surface area contributed by atoms with E-state index in [0.717, 1.165) is 11.3 Å². The smallest absolute Gasteiger partial charge is 0.159 e. The molecule has 0 aliphatic rings. The van der Waals surface area contributed by atoms with Crippen LogP contribution in [0, 0.1) is 0 Å². The molecule has 0 bridgehead atoms. The first kappa shape index (κ1) is 15.0. The van der Waals surface area contributed by atoms with E-state index >= 15 is 0 Å². The van der Waals surface area contributed by atoms with E-state index in [1.54, 1.807) is 28.3 Å². The Balaban J connectivity index is 2.68. The normalized spacial score (nSPS) is 14.6. The average Bonchev–Trinajstić information content (AvgIpc) is 2.35. The Morgan fingerprint density at radius 2 is 1.89 bits per heavy atom.